The van der Waals surface area contributed by atoms with E-state index < -0.39 is 48.9 Å². The minimum absolute atomic E-state index is 0.321. The Labute approximate surface area is 134 Å². The number of amides is 1. The standard InChI is InChI=1S/C15H12F5N2OSi/c1-24(2,3)8-5-4-7-6-21(15(23)22(7)8)14-12(19)10(17)9(16)11(18)13(14)20/h4-6H,1-3H3/q+1. The van der Waals surface area contributed by atoms with Gasteiger partial charge in [0.2, 0.25) is 34.8 Å². The van der Waals surface area contributed by atoms with Gasteiger partial charge in [0.1, 0.15) is 14.3 Å². The molecule has 0 saturated carbocycles. The maximum absolute atomic E-state index is 14.0. The molecule has 0 bridgehead atoms. The van der Waals surface area contributed by atoms with Crippen molar-refractivity contribution in [1.82, 2.24) is 4.57 Å². The van der Waals surface area contributed by atoms with Crippen molar-refractivity contribution in [3.05, 3.63) is 46.9 Å². The van der Waals surface area contributed by atoms with Crippen LogP contribution in [0.2, 0.25) is 19.6 Å². The topological polar surface area (TPSA) is 25.0 Å². The van der Waals surface area contributed by atoms with Gasteiger partial charge in [-0.15, -0.1) is 0 Å². The van der Waals surface area contributed by atoms with E-state index in [1.807, 2.05) is 19.6 Å². The van der Waals surface area contributed by atoms with E-state index in [1.54, 1.807) is 12.1 Å². The lowest BCUT2D eigenvalue weighted by molar-refractivity contribution is -0.328. The number of aromatic nitrogens is 1. The number of rotatable bonds is 2. The van der Waals surface area contributed by atoms with Crippen molar-refractivity contribution in [1.29, 1.82) is 0 Å². The van der Waals surface area contributed by atoms with Crippen LogP contribution in [0.3, 0.4) is 0 Å². The molecule has 1 amide bonds. The van der Waals surface area contributed by atoms with Gasteiger partial charge in [0.05, 0.1) is 5.32 Å². The molecule has 0 radical (unpaired) electrons. The van der Waals surface area contributed by atoms with Crippen LogP contribution >= 0.6 is 0 Å². The molecular formula is C15H12F5N2OSi+. The Morgan fingerprint density at radius 3 is 1.88 bits per heavy atom. The van der Waals surface area contributed by atoms with Gasteiger partial charge in [-0.3, -0.25) is 0 Å². The van der Waals surface area contributed by atoms with Crippen LogP contribution in [0, 0.1) is 29.1 Å². The molecule has 0 N–H and O–H groups in total. The zero-order chi connectivity index (χ0) is 18.0. The smallest absolute Gasteiger partial charge is 0.200 e. The number of halogens is 5. The molecule has 1 aliphatic heterocycles. The minimum atomic E-state index is -2.26. The highest BCUT2D eigenvalue weighted by atomic mass is 28.3. The summed E-state index contributed by atoms with van der Waals surface area (Å²) < 4.78 is 69.6. The number of benzene rings is 1. The summed E-state index contributed by atoms with van der Waals surface area (Å²) in [5, 5.41) is 0.685. The first-order valence-electron chi connectivity index (χ1n) is 6.97. The molecule has 0 aliphatic carbocycles. The molecule has 0 atom stereocenters. The van der Waals surface area contributed by atoms with Crippen molar-refractivity contribution in [2.45, 2.75) is 19.6 Å². The Morgan fingerprint density at radius 1 is 0.875 bits per heavy atom. The molecule has 1 aromatic heterocycles. The predicted octanol–water partition coefficient (Wildman–Crippen LogP) is 3.47. The highest BCUT2D eigenvalue weighted by Crippen LogP contribution is 2.31. The van der Waals surface area contributed by atoms with Gasteiger partial charge in [-0.1, -0.05) is 19.6 Å². The lowest BCUT2D eigenvalue weighted by Crippen LogP contribution is -2.45. The van der Waals surface area contributed by atoms with Crippen LogP contribution in [-0.2, 0) is 0 Å². The first-order chi connectivity index (χ1) is 11.1. The van der Waals surface area contributed by atoms with Crippen molar-refractivity contribution in [2.75, 3.05) is 0 Å². The molecular weight excluding hydrogens is 347 g/mol. The Bertz CT molecular complexity index is 898. The maximum Gasteiger partial charge on any atom is 0.508 e. The number of nitrogens with zero attached hydrogens (tertiary/aromatic N) is 2. The third kappa shape index (κ3) is 2.14. The Morgan fingerprint density at radius 2 is 1.38 bits per heavy atom. The highest BCUT2D eigenvalue weighted by Gasteiger charge is 2.42. The summed E-state index contributed by atoms with van der Waals surface area (Å²) in [6.45, 7) is 5.89. The molecule has 2 aromatic rings. The van der Waals surface area contributed by atoms with Crippen molar-refractivity contribution in [3.63, 3.8) is 0 Å². The lowest BCUT2D eigenvalue weighted by Gasteiger charge is -2.13. The van der Waals surface area contributed by atoms with Crippen LogP contribution in [0.5, 0.6) is 0 Å². The second-order valence-electron chi connectivity index (χ2n) is 6.43. The van der Waals surface area contributed by atoms with Crippen molar-refractivity contribution >= 4 is 31.3 Å². The van der Waals surface area contributed by atoms with Crippen LogP contribution in [-0.4, -0.2) is 29.5 Å². The predicted molar refractivity (Wildman–Crippen MR) is 79.5 cm³/mol. The molecule has 126 valence electrons. The van der Waals surface area contributed by atoms with E-state index in [9.17, 15) is 26.7 Å². The quantitative estimate of drug-likeness (QED) is 0.265. The van der Waals surface area contributed by atoms with Gasteiger partial charge in [0.25, 0.3) is 0 Å². The number of fused-ring (bicyclic) bond motifs is 1. The van der Waals surface area contributed by atoms with E-state index in [0.29, 0.717) is 15.6 Å². The maximum atomic E-state index is 14.0. The molecule has 3 rings (SSSR count). The van der Waals surface area contributed by atoms with Gasteiger partial charge < -0.3 is 0 Å². The number of carbonyl (C=O) groups excluding carboxylic acids is 1. The summed E-state index contributed by atoms with van der Waals surface area (Å²) >= 11 is 0. The van der Waals surface area contributed by atoms with Crippen LogP contribution in [0.15, 0.2) is 12.1 Å². The molecule has 24 heavy (non-hydrogen) atoms. The molecule has 2 heterocycles. The monoisotopic (exact) mass is 359 g/mol. The Hall–Kier alpha value is -2.29. The second-order valence-corrected chi connectivity index (χ2v) is 11.4. The van der Waals surface area contributed by atoms with Gasteiger partial charge in [-0.05, 0) is 12.1 Å². The fourth-order valence-electron chi connectivity index (χ4n) is 2.61. The average molecular weight is 359 g/mol. The van der Waals surface area contributed by atoms with Crippen molar-refractivity contribution in [2.24, 2.45) is 0 Å². The summed E-state index contributed by atoms with van der Waals surface area (Å²) in [6, 6.07) is 2.42. The normalized spacial score (nSPS) is 14.2. The summed E-state index contributed by atoms with van der Waals surface area (Å²) in [4.78, 5) is 12.5. The molecule has 1 aromatic carbocycles. The first-order valence-corrected chi connectivity index (χ1v) is 10.5. The first kappa shape index (κ1) is 16.6. The van der Waals surface area contributed by atoms with Crippen molar-refractivity contribution in [3.8, 4) is 0 Å². The minimum Gasteiger partial charge on any atom is -0.200 e. The van der Waals surface area contributed by atoms with Crippen LogP contribution in [0.4, 0.5) is 32.4 Å². The summed E-state index contributed by atoms with van der Waals surface area (Å²) in [5.74, 6) is -10.5. The molecule has 1 aliphatic rings. The SMILES string of the molecule is C[Si](C)(C)c1ccc2n1C(=O)[N+](c1c(F)c(F)c(F)c(F)c1F)=C2. The summed E-state index contributed by atoms with van der Waals surface area (Å²) in [5.41, 5.74) is -0.956. The summed E-state index contributed by atoms with van der Waals surface area (Å²) in [7, 11) is -1.97. The molecule has 0 fully saturated rings. The average Bonchev–Trinajstić information content (AvgIpc) is 3.04. The van der Waals surface area contributed by atoms with E-state index in [2.05, 4.69) is 0 Å². The van der Waals surface area contributed by atoms with Crippen LogP contribution in [0.1, 0.15) is 5.69 Å². The number of carbonyl (C=O) groups is 1. The third-order valence-corrected chi connectivity index (χ3v) is 5.69. The van der Waals surface area contributed by atoms with Gasteiger partial charge in [-0.2, -0.15) is 22.7 Å². The highest BCUT2D eigenvalue weighted by molar-refractivity contribution is 6.88. The van der Waals surface area contributed by atoms with Crippen LogP contribution < -0.4 is 5.32 Å². The van der Waals surface area contributed by atoms with Gasteiger partial charge in [0, 0.05) is 0 Å². The number of hydrogen-bond donors (Lipinski definition) is 0. The van der Waals surface area contributed by atoms with E-state index >= 15 is 0 Å². The summed E-state index contributed by atoms with van der Waals surface area (Å²) in [6.07, 6.45) is 1.06. The number of hydrogen-bond acceptors (Lipinski definition) is 1. The zero-order valence-corrected chi connectivity index (χ0v) is 13.9. The Kier molecular flexibility index (Phi) is 3.52. The van der Waals surface area contributed by atoms with Gasteiger partial charge >= 0.3 is 6.03 Å². The van der Waals surface area contributed by atoms with Gasteiger partial charge in [-0.25, -0.2) is 13.2 Å². The third-order valence-electron chi connectivity index (χ3n) is 3.77. The molecule has 9 heteroatoms. The fourth-order valence-corrected chi connectivity index (χ4v) is 4.09. The molecule has 3 nitrogen and oxygen atoms in total. The lowest BCUT2D eigenvalue weighted by atomic mass is 10.2. The zero-order valence-electron chi connectivity index (χ0n) is 12.9. The Balaban J connectivity index is 2.22. The molecule has 0 unspecified atom stereocenters. The largest absolute Gasteiger partial charge is 0.508 e. The van der Waals surface area contributed by atoms with E-state index in [-0.39, 0.29) is 0 Å². The van der Waals surface area contributed by atoms with E-state index in [0.717, 1.165) is 6.21 Å². The van der Waals surface area contributed by atoms with E-state index in [1.165, 1.54) is 4.57 Å². The van der Waals surface area contributed by atoms with Gasteiger partial charge in [0.15, 0.2) is 5.69 Å². The molecule has 0 saturated heterocycles. The van der Waals surface area contributed by atoms with E-state index in [4.69, 9.17) is 0 Å². The van der Waals surface area contributed by atoms with Crippen molar-refractivity contribution < 1.29 is 31.3 Å². The van der Waals surface area contributed by atoms with Crippen LogP contribution in [0.25, 0.3) is 0 Å². The second kappa shape index (κ2) is 5.10. The molecule has 0 spiro atoms. The fraction of sp³-hybridized carbons (Fsp3) is 0.200.